The number of nitrogens with one attached hydrogen (secondary N) is 1. The second kappa shape index (κ2) is 10.6. The van der Waals surface area contributed by atoms with Gasteiger partial charge in [0.1, 0.15) is 6.04 Å². The lowest BCUT2D eigenvalue weighted by Gasteiger charge is -2.34. The Balaban J connectivity index is 1.78. The standard InChI is InChI=1S/C20H30ClN3O3/c1-4-15(2)19(20(26)27-3)22-18(25)14-24-10-8-23(9-11-24)13-16-6-5-7-17(21)12-16/h5-7,12,15,19H,4,8-11,13-14H2,1-3H3,(H,22,25)/t15-,19-/m1/s1. The van der Waals surface area contributed by atoms with Crippen LogP contribution in [0.5, 0.6) is 0 Å². The Bertz CT molecular complexity index is 633. The van der Waals surface area contributed by atoms with Crippen LogP contribution in [0.25, 0.3) is 0 Å². The van der Waals surface area contributed by atoms with Crippen LogP contribution < -0.4 is 5.32 Å². The van der Waals surface area contributed by atoms with Gasteiger partial charge < -0.3 is 10.1 Å². The van der Waals surface area contributed by atoms with Gasteiger partial charge in [-0.05, 0) is 23.6 Å². The highest BCUT2D eigenvalue weighted by atomic mass is 35.5. The molecule has 1 aliphatic heterocycles. The summed E-state index contributed by atoms with van der Waals surface area (Å²) in [6, 6.07) is 7.32. The fourth-order valence-corrected chi connectivity index (χ4v) is 3.43. The first-order chi connectivity index (χ1) is 12.9. The first-order valence-corrected chi connectivity index (χ1v) is 9.87. The molecule has 0 radical (unpaired) electrons. The van der Waals surface area contributed by atoms with E-state index < -0.39 is 6.04 Å². The molecule has 0 spiro atoms. The zero-order chi connectivity index (χ0) is 19.8. The molecule has 2 rings (SSSR count). The van der Waals surface area contributed by atoms with Gasteiger partial charge in [-0.3, -0.25) is 14.6 Å². The van der Waals surface area contributed by atoms with Crippen molar-refractivity contribution in [1.29, 1.82) is 0 Å². The molecule has 27 heavy (non-hydrogen) atoms. The third-order valence-electron chi connectivity index (χ3n) is 5.11. The van der Waals surface area contributed by atoms with Crippen molar-refractivity contribution in [2.45, 2.75) is 32.9 Å². The summed E-state index contributed by atoms with van der Waals surface area (Å²) in [4.78, 5) is 28.8. The van der Waals surface area contributed by atoms with Gasteiger partial charge in [-0.1, -0.05) is 44.0 Å². The van der Waals surface area contributed by atoms with Crippen LogP contribution in [0.2, 0.25) is 5.02 Å². The summed E-state index contributed by atoms with van der Waals surface area (Å²) in [5.41, 5.74) is 1.20. The van der Waals surface area contributed by atoms with Crippen LogP contribution in [0.4, 0.5) is 0 Å². The summed E-state index contributed by atoms with van der Waals surface area (Å²) in [5, 5.41) is 3.59. The molecule has 0 bridgehead atoms. The van der Waals surface area contributed by atoms with Crippen molar-refractivity contribution >= 4 is 23.5 Å². The summed E-state index contributed by atoms with van der Waals surface area (Å²) in [5.74, 6) is -0.478. The van der Waals surface area contributed by atoms with Gasteiger partial charge in [-0.15, -0.1) is 0 Å². The zero-order valence-electron chi connectivity index (χ0n) is 16.4. The molecule has 1 fully saturated rings. The number of esters is 1. The van der Waals surface area contributed by atoms with E-state index in [1.807, 2.05) is 32.0 Å². The fourth-order valence-electron chi connectivity index (χ4n) is 3.22. The minimum atomic E-state index is -0.586. The van der Waals surface area contributed by atoms with E-state index in [9.17, 15) is 9.59 Å². The summed E-state index contributed by atoms with van der Waals surface area (Å²) in [6.07, 6.45) is 0.794. The first-order valence-electron chi connectivity index (χ1n) is 9.49. The predicted molar refractivity (Wildman–Crippen MR) is 107 cm³/mol. The summed E-state index contributed by atoms with van der Waals surface area (Å²) >= 11 is 6.05. The maximum absolute atomic E-state index is 12.4. The fraction of sp³-hybridized carbons (Fsp3) is 0.600. The molecule has 0 aliphatic carbocycles. The number of hydrogen-bond acceptors (Lipinski definition) is 5. The highest BCUT2D eigenvalue weighted by Crippen LogP contribution is 2.14. The molecule has 6 nitrogen and oxygen atoms in total. The maximum atomic E-state index is 12.4. The zero-order valence-corrected chi connectivity index (χ0v) is 17.2. The highest BCUT2D eigenvalue weighted by molar-refractivity contribution is 6.30. The van der Waals surface area contributed by atoms with E-state index in [1.54, 1.807) is 0 Å². The van der Waals surface area contributed by atoms with E-state index in [1.165, 1.54) is 12.7 Å². The topological polar surface area (TPSA) is 61.9 Å². The Morgan fingerprint density at radius 1 is 1.22 bits per heavy atom. The number of rotatable bonds is 8. The molecule has 0 aromatic heterocycles. The summed E-state index contributed by atoms with van der Waals surface area (Å²) in [6.45, 7) is 8.52. The van der Waals surface area contributed by atoms with Crippen LogP contribution in [0, 0.1) is 5.92 Å². The Labute approximate surface area is 166 Å². The maximum Gasteiger partial charge on any atom is 0.328 e. The third-order valence-corrected chi connectivity index (χ3v) is 5.35. The quantitative estimate of drug-likeness (QED) is 0.683. The third kappa shape index (κ3) is 6.79. The lowest BCUT2D eigenvalue weighted by Crippen LogP contribution is -2.52. The molecule has 7 heteroatoms. The second-order valence-corrected chi connectivity index (χ2v) is 7.57. The van der Waals surface area contributed by atoms with Gasteiger partial charge >= 0.3 is 5.97 Å². The molecule has 1 aromatic carbocycles. The number of carbonyl (C=O) groups is 2. The molecule has 1 aliphatic rings. The molecule has 1 N–H and O–H groups in total. The lowest BCUT2D eigenvalue weighted by molar-refractivity contribution is -0.146. The van der Waals surface area contributed by atoms with Gasteiger partial charge in [0.05, 0.1) is 13.7 Å². The van der Waals surface area contributed by atoms with Gasteiger partial charge in [0.25, 0.3) is 0 Å². The van der Waals surface area contributed by atoms with Gasteiger partial charge in [0.15, 0.2) is 0 Å². The molecule has 1 heterocycles. The minimum absolute atomic E-state index is 0.0379. The van der Waals surface area contributed by atoms with Crippen molar-refractivity contribution in [1.82, 2.24) is 15.1 Å². The molecular weight excluding hydrogens is 366 g/mol. The van der Waals surface area contributed by atoms with Crippen molar-refractivity contribution in [3.8, 4) is 0 Å². The van der Waals surface area contributed by atoms with Crippen LogP contribution in [-0.2, 0) is 20.9 Å². The van der Waals surface area contributed by atoms with Crippen molar-refractivity contribution < 1.29 is 14.3 Å². The van der Waals surface area contributed by atoms with Gasteiger partial charge in [-0.25, -0.2) is 4.79 Å². The van der Waals surface area contributed by atoms with Crippen molar-refractivity contribution in [2.24, 2.45) is 5.92 Å². The smallest absolute Gasteiger partial charge is 0.328 e. The van der Waals surface area contributed by atoms with Crippen molar-refractivity contribution in [3.63, 3.8) is 0 Å². The normalized spacial score (nSPS) is 17.9. The van der Waals surface area contributed by atoms with Crippen LogP contribution >= 0.6 is 11.6 Å². The lowest BCUT2D eigenvalue weighted by atomic mass is 9.99. The molecule has 0 unspecified atom stereocenters. The number of nitrogens with zero attached hydrogens (tertiary/aromatic N) is 2. The van der Waals surface area contributed by atoms with E-state index in [2.05, 4.69) is 21.2 Å². The van der Waals surface area contributed by atoms with E-state index in [-0.39, 0.29) is 17.8 Å². The number of carbonyl (C=O) groups excluding carboxylic acids is 2. The number of hydrogen-bond donors (Lipinski definition) is 1. The monoisotopic (exact) mass is 395 g/mol. The molecule has 2 atom stereocenters. The Morgan fingerprint density at radius 2 is 1.89 bits per heavy atom. The molecule has 1 aromatic rings. The summed E-state index contributed by atoms with van der Waals surface area (Å²) in [7, 11) is 1.35. The van der Waals surface area contributed by atoms with Crippen LogP contribution in [-0.4, -0.2) is 67.6 Å². The van der Waals surface area contributed by atoms with Crippen LogP contribution in [0.3, 0.4) is 0 Å². The number of amides is 1. The first kappa shape index (κ1) is 21.7. The molecule has 1 amide bonds. The predicted octanol–water partition coefficient (Wildman–Crippen LogP) is 2.16. The highest BCUT2D eigenvalue weighted by Gasteiger charge is 2.27. The van der Waals surface area contributed by atoms with E-state index in [4.69, 9.17) is 16.3 Å². The van der Waals surface area contributed by atoms with Crippen LogP contribution in [0.15, 0.2) is 24.3 Å². The SMILES string of the molecule is CC[C@@H](C)[C@@H](NC(=O)CN1CCN(Cc2cccc(Cl)c2)CC1)C(=O)OC. The Morgan fingerprint density at radius 3 is 2.48 bits per heavy atom. The second-order valence-electron chi connectivity index (χ2n) is 7.14. The van der Waals surface area contributed by atoms with Gasteiger partial charge in [0, 0.05) is 37.7 Å². The van der Waals surface area contributed by atoms with E-state index in [0.29, 0.717) is 6.54 Å². The van der Waals surface area contributed by atoms with Crippen molar-refractivity contribution in [2.75, 3.05) is 39.8 Å². The summed E-state index contributed by atoms with van der Waals surface area (Å²) < 4.78 is 4.82. The average molecular weight is 396 g/mol. The molecular formula is C20H30ClN3O3. The van der Waals surface area contributed by atoms with Gasteiger partial charge in [0.2, 0.25) is 5.91 Å². The number of methoxy groups -OCH3 is 1. The molecule has 150 valence electrons. The van der Waals surface area contributed by atoms with E-state index >= 15 is 0 Å². The van der Waals surface area contributed by atoms with Crippen molar-refractivity contribution in [3.05, 3.63) is 34.9 Å². The number of benzene rings is 1. The van der Waals surface area contributed by atoms with Crippen LogP contribution in [0.1, 0.15) is 25.8 Å². The Kier molecular flexibility index (Phi) is 8.54. The Hall–Kier alpha value is -1.63. The molecule has 0 saturated carbocycles. The largest absolute Gasteiger partial charge is 0.467 e. The average Bonchev–Trinajstić information content (AvgIpc) is 2.66. The van der Waals surface area contributed by atoms with E-state index in [0.717, 1.165) is 44.2 Å². The number of halogens is 1. The molecule has 1 saturated heterocycles. The minimum Gasteiger partial charge on any atom is -0.467 e. The number of piperazine rings is 1. The number of ether oxygens (including phenoxy) is 1. The van der Waals surface area contributed by atoms with Gasteiger partial charge in [-0.2, -0.15) is 0 Å².